The van der Waals surface area contributed by atoms with E-state index in [0.717, 1.165) is 24.4 Å². The van der Waals surface area contributed by atoms with Crippen LogP contribution < -0.4 is 10.1 Å². The predicted octanol–water partition coefficient (Wildman–Crippen LogP) is 0.864. The molecule has 126 valence electrons. The van der Waals surface area contributed by atoms with Gasteiger partial charge in [-0.3, -0.25) is 14.5 Å². The average Bonchev–Trinajstić information content (AvgIpc) is 2.59. The van der Waals surface area contributed by atoms with Crippen molar-refractivity contribution < 1.29 is 14.3 Å². The van der Waals surface area contributed by atoms with Crippen LogP contribution in [0.5, 0.6) is 5.75 Å². The molecule has 1 fully saturated rings. The van der Waals surface area contributed by atoms with Crippen molar-refractivity contribution >= 4 is 11.8 Å². The Kier molecular flexibility index (Phi) is 5.98. The molecular formula is C17H25N3O3. The van der Waals surface area contributed by atoms with E-state index in [0.29, 0.717) is 19.6 Å². The van der Waals surface area contributed by atoms with E-state index in [1.807, 2.05) is 36.1 Å². The van der Waals surface area contributed by atoms with Gasteiger partial charge in [-0.2, -0.15) is 0 Å². The lowest BCUT2D eigenvalue weighted by Crippen LogP contribution is -2.54. The van der Waals surface area contributed by atoms with Crippen LogP contribution in [0, 0.1) is 0 Å². The van der Waals surface area contributed by atoms with E-state index in [2.05, 4.69) is 10.2 Å². The quantitative estimate of drug-likeness (QED) is 0.874. The number of nitrogens with one attached hydrogen (secondary N) is 1. The molecule has 1 aromatic rings. The SMILES string of the molecule is COc1ccc(CNC(=O)[C@H](C)N2CCN(C(C)=O)CC2)cc1. The third-order valence-corrected chi connectivity index (χ3v) is 4.31. The number of benzene rings is 1. The number of hydrogen-bond acceptors (Lipinski definition) is 4. The number of piperazine rings is 1. The van der Waals surface area contributed by atoms with Crippen LogP contribution in [0.1, 0.15) is 19.4 Å². The molecule has 1 aromatic carbocycles. The van der Waals surface area contributed by atoms with E-state index in [-0.39, 0.29) is 17.9 Å². The minimum atomic E-state index is -0.192. The number of nitrogens with zero attached hydrogens (tertiary/aromatic N) is 2. The molecule has 0 bridgehead atoms. The van der Waals surface area contributed by atoms with E-state index in [1.54, 1.807) is 14.0 Å². The van der Waals surface area contributed by atoms with Gasteiger partial charge >= 0.3 is 0 Å². The lowest BCUT2D eigenvalue weighted by molar-refractivity contribution is -0.132. The van der Waals surface area contributed by atoms with Crippen molar-refractivity contribution in [2.75, 3.05) is 33.3 Å². The Labute approximate surface area is 137 Å². The molecule has 1 saturated heterocycles. The van der Waals surface area contributed by atoms with Crippen molar-refractivity contribution in [3.8, 4) is 5.75 Å². The van der Waals surface area contributed by atoms with Gasteiger partial charge in [0.25, 0.3) is 0 Å². The van der Waals surface area contributed by atoms with Gasteiger partial charge in [-0.25, -0.2) is 0 Å². The standard InChI is InChI=1S/C17H25N3O3/c1-13(19-8-10-20(11-9-19)14(2)21)17(22)18-12-15-4-6-16(23-3)7-5-15/h4-7,13H,8-12H2,1-3H3,(H,18,22)/t13-/m0/s1. The second-order valence-corrected chi connectivity index (χ2v) is 5.78. The summed E-state index contributed by atoms with van der Waals surface area (Å²) in [5.74, 6) is 0.912. The first-order valence-electron chi connectivity index (χ1n) is 7.91. The summed E-state index contributed by atoms with van der Waals surface area (Å²) in [4.78, 5) is 27.6. The molecule has 0 saturated carbocycles. The summed E-state index contributed by atoms with van der Waals surface area (Å²) >= 11 is 0. The fourth-order valence-corrected chi connectivity index (χ4v) is 2.67. The molecule has 0 radical (unpaired) electrons. The summed E-state index contributed by atoms with van der Waals surface area (Å²) in [5, 5.41) is 2.97. The molecule has 1 atom stereocenters. The van der Waals surface area contributed by atoms with Crippen LogP contribution in [0.4, 0.5) is 0 Å². The first-order chi connectivity index (χ1) is 11.0. The van der Waals surface area contributed by atoms with Crippen LogP contribution in [-0.4, -0.2) is 60.9 Å². The van der Waals surface area contributed by atoms with Gasteiger partial charge in [0.2, 0.25) is 11.8 Å². The van der Waals surface area contributed by atoms with Crippen molar-refractivity contribution in [3.63, 3.8) is 0 Å². The number of carbonyl (C=O) groups is 2. The highest BCUT2D eigenvalue weighted by atomic mass is 16.5. The van der Waals surface area contributed by atoms with E-state index in [1.165, 1.54) is 0 Å². The molecule has 23 heavy (non-hydrogen) atoms. The Hall–Kier alpha value is -2.08. The van der Waals surface area contributed by atoms with Crippen LogP contribution in [0.3, 0.4) is 0 Å². The zero-order valence-corrected chi connectivity index (χ0v) is 14.0. The monoisotopic (exact) mass is 319 g/mol. The maximum absolute atomic E-state index is 12.3. The molecule has 2 rings (SSSR count). The molecule has 0 unspecified atom stereocenters. The highest BCUT2D eigenvalue weighted by Crippen LogP contribution is 2.11. The fourth-order valence-electron chi connectivity index (χ4n) is 2.67. The number of amides is 2. The first-order valence-corrected chi connectivity index (χ1v) is 7.91. The van der Waals surface area contributed by atoms with Gasteiger partial charge in [0.1, 0.15) is 5.75 Å². The van der Waals surface area contributed by atoms with Crippen molar-refractivity contribution in [1.82, 2.24) is 15.1 Å². The molecule has 6 heteroatoms. The zero-order chi connectivity index (χ0) is 16.8. The number of methoxy groups -OCH3 is 1. The van der Waals surface area contributed by atoms with Crippen LogP contribution in [-0.2, 0) is 16.1 Å². The van der Waals surface area contributed by atoms with Gasteiger partial charge in [-0.15, -0.1) is 0 Å². The van der Waals surface area contributed by atoms with E-state index in [9.17, 15) is 9.59 Å². The molecule has 0 aromatic heterocycles. The molecular weight excluding hydrogens is 294 g/mol. The van der Waals surface area contributed by atoms with E-state index in [4.69, 9.17) is 4.74 Å². The number of rotatable bonds is 5. The van der Waals surface area contributed by atoms with Crippen molar-refractivity contribution in [3.05, 3.63) is 29.8 Å². The molecule has 1 aliphatic heterocycles. The Bertz CT molecular complexity index is 537. The van der Waals surface area contributed by atoms with Crippen LogP contribution in [0.15, 0.2) is 24.3 Å². The first kappa shape index (κ1) is 17.3. The van der Waals surface area contributed by atoms with Crippen molar-refractivity contribution in [2.45, 2.75) is 26.4 Å². The van der Waals surface area contributed by atoms with Crippen LogP contribution in [0.25, 0.3) is 0 Å². The molecule has 1 heterocycles. The summed E-state index contributed by atoms with van der Waals surface area (Å²) in [7, 11) is 1.63. The lowest BCUT2D eigenvalue weighted by atomic mass is 10.2. The number of carbonyl (C=O) groups excluding carboxylic acids is 2. The zero-order valence-electron chi connectivity index (χ0n) is 14.0. The molecule has 6 nitrogen and oxygen atoms in total. The van der Waals surface area contributed by atoms with Crippen molar-refractivity contribution in [1.29, 1.82) is 0 Å². The normalized spacial score (nSPS) is 16.7. The van der Waals surface area contributed by atoms with Gasteiger partial charge in [0, 0.05) is 39.6 Å². The molecule has 2 amide bonds. The van der Waals surface area contributed by atoms with E-state index < -0.39 is 0 Å². The summed E-state index contributed by atoms with van der Waals surface area (Å²) in [6.07, 6.45) is 0. The molecule has 1 aliphatic rings. The molecule has 0 aliphatic carbocycles. The van der Waals surface area contributed by atoms with Crippen LogP contribution in [0.2, 0.25) is 0 Å². The summed E-state index contributed by atoms with van der Waals surface area (Å²) in [6, 6.07) is 7.45. The summed E-state index contributed by atoms with van der Waals surface area (Å²) in [6.45, 7) is 6.83. The minimum Gasteiger partial charge on any atom is -0.497 e. The van der Waals surface area contributed by atoms with Gasteiger partial charge in [-0.1, -0.05) is 12.1 Å². The van der Waals surface area contributed by atoms with Gasteiger partial charge in [0.05, 0.1) is 13.2 Å². The minimum absolute atomic E-state index is 0.0112. The Morgan fingerprint density at radius 1 is 1.17 bits per heavy atom. The maximum atomic E-state index is 12.3. The summed E-state index contributed by atoms with van der Waals surface area (Å²) < 4.78 is 5.12. The highest BCUT2D eigenvalue weighted by molar-refractivity contribution is 5.81. The van der Waals surface area contributed by atoms with Gasteiger partial charge in [-0.05, 0) is 24.6 Å². The Balaban J connectivity index is 1.79. The third kappa shape index (κ3) is 4.69. The molecule has 0 spiro atoms. The fraction of sp³-hybridized carbons (Fsp3) is 0.529. The summed E-state index contributed by atoms with van der Waals surface area (Å²) in [5.41, 5.74) is 1.03. The van der Waals surface area contributed by atoms with E-state index >= 15 is 0 Å². The maximum Gasteiger partial charge on any atom is 0.237 e. The van der Waals surface area contributed by atoms with Crippen LogP contribution >= 0.6 is 0 Å². The largest absolute Gasteiger partial charge is 0.497 e. The lowest BCUT2D eigenvalue weighted by Gasteiger charge is -2.37. The smallest absolute Gasteiger partial charge is 0.237 e. The number of ether oxygens (including phenoxy) is 1. The van der Waals surface area contributed by atoms with Gasteiger partial charge in [0.15, 0.2) is 0 Å². The van der Waals surface area contributed by atoms with Crippen molar-refractivity contribution in [2.24, 2.45) is 0 Å². The topological polar surface area (TPSA) is 61.9 Å². The highest BCUT2D eigenvalue weighted by Gasteiger charge is 2.26. The number of hydrogen-bond donors (Lipinski definition) is 1. The average molecular weight is 319 g/mol. The third-order valence-electron chi connectivity index (χ3n) is 4.31. The second-order valence-electron chi connectivity index (χ2n) is 5.78. The molecule has 1 N–H and O–H groups in total. The Morgan fingerprint density at radius 2 is 1.78 bits per heavy atom. The predicted molar refractivity (Wildman–Crippen MR) is 88.1 cm³/mol. The Morgan fingerprint density at radius 3 is 2.30 bits per heavy atom. The van der Waals surface area contributed by atoms with Gasteiger partial charge < -0.3 is 15.0 Å². The second kappa shape index (κ2) is 7.97.